The Morgan fingerprint density at radius 2 is 1.42 bits per heavy atom. The fourth-order valence-electron chi connectivity index (χ4n) is 3.73. The molecular formula is C27H28F5N2O4. The molecule has 0 saturated heterocycles. The summed E-state index contributed by atoms with van der Waals surface area (Å²) in [5.41, 5.74) is -1.54. The normalized spacial score (nSPS) is 13.2. The van der Waals surface area contributed by atoms with E-state index < -0.39 is 58.7 Å². The van der Waals surface area contributed by atoms with E-state index in [9.17, 15) is 41.1 Å². The van der Waals surface area contributed by atoms with E-state index in [0.29, 0.717) is 29.2 Å². The van der Waals surface area contributed by atoms with Gasteiger partial charge in [0.15, 0.2) is 11.6 Å². The number of rotatable bonds is 10. The van der Waals surface area contributed by atoms with E-state index >= 15 is 0 Å². The average molecular weight is 540 g/mol. The number of carbonyl (C=O) groups excluding carboxylic acids is 4. The van der Waals surface area contributed by atoms with Crippen LogP contribution in [0.4, 0.5) is 22.0 Å². The first-order chi connectivity index (χ1) is 17.6. The van der Waals surface area contributed by atoms with Crippen molar-refractivity contribution in [3.63, 3.8) is 0 Å². The van der Waals surface area contributed by atoms with Gasteiger partial charge in [-0.15, -0.1) is 0 Å². The number of amides is 3. The summed E-state index contributed by atoms with van der Waals surface area (Å²) in [6.45, 7) is 6.91. The molecule has 0 fully saturated rings. The molecule has 2 atom stereocenters. The third-order valence-electron chi connectivity index (χ3n) is 5.55. The van der Waals surface area contributed by atoms with Crippen molar-refractivity contribution in [3.05, 3.63) is 70.8 Å². The van der Waals surface area contributed by atoms with Gasteiger partial charge in [0.05, 0.1) is 5.56 Å². The predicted molar refractivity (Wildman–Crippen MR) is 129 cm³/mol. The van der Waals surface area contributed by atoms with Gasteiger partial charge in [0.2, 0.25) is 6.29 Å². The lowest BCUT2D eigenvalue weighted by Crippen LogP contribution is -2.55. The molecule has 0 spiro atoms. The predicted octanol–water partition coefficient (Wildman–Crippen LogP) is 5.32. The van der Waals surface area contributed by atoms with Crippen LogP contribution in [0.5, 0.6) is 0 Å². The molecule has 0 aromatic heterocycles. The SMILES string of the molecule is CC(C)C[C@H](NC(=O)c1ccc(C(F)(F)F)cc1)C(=O)N(C(=O)c1ccc(F)c(F)c1)[C@H]([C]=O)CC(C)C. The van der Waals surface area contributed by atoms with E-state index in [1.165, 1.54) is 0 Å². The quantitative estimate of drug-likeness (QED) is 0.414. The van der Waals surface area contributed by atoms with Crippen molar-refractivity contribution < 1.29 is 41.1 Å². The van der Waals surface area contributed by atoms with E-state index in [4.69, 9.17) is 0 Å². The summed E-state index contributed by atoms with van der Waals surface area (Å²) in [6, 6.07) is 2.79. The van der Waals surface area contributed by atoms with Gasteiger partial charge in [-0.1, -0.05) is 27.7 Å². The Morgan fingerprint density at radius 1 is 0.868 bits per heavy atom. The van der Waals surface area contributed by atoms with Crippen LogP contribution >= 0.6 is 0 Å². The topological polar surface area (TPSA) is 83.6 Å². The fourth-order valence-corrected chi connectivity index (χ4v) is 3.73. The lowest BCUT2D eigenvalue weighted by atomic mass is 9.98. The Hall–Kier alpha value is -3.63. The van der Waals surface area contributed by atoms with Crippen LogP contribution in [0.25, 0.3) is 0 Å². The van der Waals surface area contributed by atoms with Crippen LogP contribution in [0.15, 0.2) is 42.5 Å². The number of halogens is 5. The zero-order valence-corrected chi connectivity index (χ0v) is 21.2. The number of alkyl halides is 3. The first-order valence-corrected chi connectivity index (χ1v) is 11.8. The zero-order chi connectivity index (χ0) is 28.8. The van der Waals surface area contributed by atoms with Crippen LogP contribution in [-0.4, -0.2) is 41.0 Å². The Kier molecular flexibility index (Phi) is 10.3. The van der Waals surface area contributed by atoms with E-state index in [1.54, 1.807) is 34.0 Å². The molecule has 1 N–H and O–H groups in total. The fraction of sp³-hybridized carbons (Fsp3) is 0.407. The average Bonchev–Trinajstić information content (AvgIpc) is 2.83. The molecule has 2 aromatic rings. The van der Waals surface area contributed by atoms with Crippen LogP contribution in [-0.2, 0) is 15.8 Å². The highest BCUT2D eigenvalue weighted by atomic mass is 19.4. The smallest absolute Gasteiger partial charge is 0.340 e. The maximum Gasteiger partial charge on any atom is 0.416 e. The van der Waals surface area contributed by atoms with Crippen molar-refractivity contribution in [2.75, 3.05) is 0 Å². The van der Waals surface area contributed by atoms with Crippen LogP contribution in [0, 0.1) is 23.5 Å². The molecule has 38 heavy (non-hydrogen) atoms. The summed E-state index contributed by atoms with van der Waals surface area (Å²) in [6.07, 6.45) is -2.95. The molecule has 0 aliphatic rings. The van der Waals surface area contributed by atoms with Gasteiger partial charge < -0.3 is 5.32 Å². The third-order valence-corrected chi connectivity index (χ3v) is 5.55. The summed E-state index contributed by atoms with van der Waals surface area (Å²) >= 11 is 0. The van der Waals surface area contributed by atoms with Crippen molar-refractivity contribution in [1.82, 2.24) is 10.2 Å². The zero-order valence-electron chi connectivity index (χ0n) is 21.2. The maximum atomic E-state index is 13.9. The number of nitrogens with one attached hydrogen (secondary N) is 1. The highest BCUT2D eigenvalue weighted by Crippen LogP contribution is 2.29. The molecule has 0 aliphatic carbocycles. The minimum Gasteiger partial charge on any atom is -0.340 e. The number of hydrogen-bond donors (Lipinski definition) is 1. The standard InChI is InChI=1S/C27H28F5N2O4/c1-15(2)11-20(14-35)34(25(37)18-7-10-21(28)22(29)13-18)26(38)23(12-16(3)4)33-24(36)17-5-8-19(9-6-17)27(30,31)32/h5-10,13,15-16,20,23H,11-12H2,1-4H3,(H,33,36)/t20-,23-/m0/s1. The van der Waals surface area contributed by atoms with Crippen LogP contribution in [0.2, 0.25) is 0 Å². The molecule has 1 radical (unpaired) electrons. The van der Waals surface area contributed by atoms with Crippen molar-refractivity contribution in [3.8, 4) is 0 Å². The second-order valence-electron chi connectivity index (χ2n) is 9.64. The monoisotopic (exact) mass is 539 g/mol. The van der Waals surface area contributed by atoms with Gasteiger partial charge in [-0.3, -0.25) is 24.1 Å². The minimum absolute atomic E-state index is 0.0000225. The van der Waals surface area contributed by atoms with E-state index in [0.717, 1.165) is 18.2 Å². The molecule has 11 heteroatoms. The Morgan fingerprint density at radius 3 is 1.89 bits per heavy atom. The summed E-state index contributed by atoms with van der Waals surface area (Å²) in [5, 5.41) is 2.43. The molecule has 0 heterocycles. The maximum absolute atomic E-state index is 13.9. The van der Waals surface area contributed by atoms with Gasteiger partial charge in [-0.2, -0.15) is 13.2 Å². The number of benzene rings is 2. The molecule has 3 amide bonds. The van der Waals surface area contributed by atoms with Gasteiger partial charge >= 0.3 is 6.18 Å². The molecule has 205 valence electrons. The number of hydrogen-bond acceptors (Lipinski definition) is 4. The van der Waals surface area contributed by atoms with Gasteiger partial charge in [-0.05, 0) is 67.1 Å². The second-order valence-corrected chi connectivity index (χ2v) is 9.64. The van der Waals surface area contributed by atoms with Crippen molar-refractivity contribution in [1.29, 1.82) is 0 Å². The van der Waals surface area contributed by atoms with Crippen molar-refractivity contribution in [2.24, 2.45) is 11.8 Å². The summed E-state index contributed by atoms with van der Waals surface area (Å²) < 4.78 is 65.9. The van der Waals surface area contributed by atoms with Gasteiger partial charge in [0, 0.05) is 11.1 Å². The second kappa shape index (κ2) is 12.7. The summed E-state index contributed by atoms with van der Waals surface area (Å²) in [4.78, 5) is 52.3. The van der Waals surface area contributed by atoms with Crippen LogP contribution in [0.3, 0.4) is 0 Å². The molecule has 6 nitrogen and oxygen atoms in total. The Labute approximate surface area is 217 Å². The lowest BCUT2D eigenvalue weighted by molar-refractivity contribution is -0.137. The molecular weight excluding hydrogens is 511 g/mol. The van der Waals surface area contributed by atoms with Crippen LogP contribution in [0.1, 0.15) is 66.8 Å². The molecule has 0 unspecified atom stereocenters. The van der Waals surface area contributed by atoms with Crippen molar-refractivity contribution >= 4 is 24.0 Å². The highest BCUT2D eigenvalue weighted by molar-refractivity contribution is 6.09. The summed E-state index contributed by atoms with van der Waals surface area (Å²) in [7, 11) is 0. The van der Waals surface area contributed by atoms with E-state index in [-0.39, 0.29) is 30.2 Å². The molecule has 2 aromatic carbocycles. The molecule has 0 aliphatic heterocycles. The van der Waals surface area contributed by atoms with Gasteiger partial charge in [-0.25, -0.2) is 8.78 Å². The summed E-state index contributed by atoms with van der Waals surface area (Å²) in [5.74, 6) is -5.92. The van der Waals surface area contributed by atoms with Gasteiger partial charge in [0.25, 0.3) is 17.7 Å². The van der Waals surface area contributed by atoms with Gasteiger partial charge in [0.1, 0.15) is 12.1 Å². The van der Waals surface area contributed by atoms with E-state index in [2.05, 4.69) is 5.32 Å². The van der Waals surface area contributed by atoms with E-state index in [1.807, 2.05) is 0 Å². The molecule has 0 saturated carbocycles. The van der Waals surface area contributed by atoms with Crippen molar-refractivity contribution in [2.45, 2.75) is 58.8 Å². The number of carbonyl (C=O) groups is 3. The lowest BCUT2D eigenvalue weighted by Gasteiger charge is -2.31. The molecule has 2 rings (SSSR count). The minimum atomic E-state index is -4.61. The largest absolute Gasteiger partial charge is 0.416 e. The molecule has 0 bridgehead atoms. The first kappa shape index (κ1) is 30.6. The number of imide groups is 1. The Balaban J connectivity index is 2.46. The highest BCUT2D eigenvalue weighted by Gasteiger charge is 2.37. The third kappa shape index (κ3) is 7.93. The Bertz CT molecular complexity index is 1160. The number of nitrogens with zero attached hydrogens (tertiary/aromatic N) is 1. The van der Waals surface area contributed by atoms with Crippen LogP contribution < -0.4 is 5.32 Å². The first-order valence-electron chi connectivity index (χ1n) is 11.8.